The van der Waals surface area contributed by atoms with Crippen LogP contribution in [0.5, 0.6) is 0 Å². The molecular formula is C18H31N. The Bertz CT molecular complexity index is 356. The van der Waals surface area contributed by atoms with Crippen LogP contribution in [-0.2, 0) is 6.42 Å². The second-order valence-electron chi connectivity index (χ2n) is 6.28. The summed E-state index contributed by atoms with van der Waals surface area (Å²) in [7, 11) is 0. The summed E-state index contributed by atoms with van der Waals surface area (Å²) < 4.78 is 0. The summed E-state index contributed by atoms with van der Waals surface area (Å²) in [5.41, 5.74) is 2.86. The highest BCUT2D eigenvalue weighted by Crippen LogP contribution is 2.22. The molecule has 0 aliphatic heterocycles. The standard InChI is InChI=1S/C18H31N/c1-6-8-16(5)18(13-19-14(2)3)12-17-10-7-9-15(4)11-17/h7,9-11,14,16,18-19H,6,8,12-13H2,1-5H3. The zero-order valence-electron chi connectivity index (χ0n) is 13.4. The third-order valence-corrected chi connectivity index (χ3v) is 3.92. The summed E-state index contributed by atoms with van der Waals surface area (Å²) in [6.07, 6.45) is 3.81. The van der Waals surface area contributed by atoms with Gasteiger partial charge in [0.15, 0.2) is 0 Å². The lowest BCUT2D eigenvalue weighted by molar-refractivity contribution is 0.310. The minimum atomic E-state index is 0.578. The molecule has 2 atom stereocenters. The summed E-state index contributed by atoms with van der Waals surface area (Å²) in [5, 5.41) is 3.62. The number of rotatable bonds is 8. The van der Waals surface area contributed by atoms with Crippen molar-refractivity contribution in [1.29, 1.82) is 0 Å². The zero-order chi connectivity index (χ0) is 14.3. The molecule has 2 unspecified atom stereocenters. The van der Waals surface area contributed by atoms with Gasteiger partial charge in [-0.15, -0.1) is 0 Å². The smallest absolute Gasteiger partial charge is 0.00104 e. The molecular weight excluding hydrogens is 230 g/mol. The van der Waals surface area contributed by atoms with Gasteiger partial charge in [0.1, 0.15) is 0 Å². The van der Waals surface area contributed by atoms with Gasteiger partial charge in [-0.25, -0.2) is 0 Å². The Morgan fingerprint density at radius 3 is 2.47 bits per heavy atom. The second-order valence-corrected chi connectivity index (χ2v) is 6.28. The minimum Gasteiger partial charge on any atom is -0.314 e. The quantitative estimate of drug-likeness (QED) is 0.722. The number of hydrogen-bond donors (Lipinski definition) is 1. The van der Waals surface area contributed by atoms with Gasteiger partial charge in [0.25, 0.3) is 0 Å². The maximum absolute atomic E-state index is 3.62. The third-order valence-electron chi connectivity index (χ3n) is 3.92. The van der Waals surface area contributed by atoms with E-state index in [9.17, 15) is 0 Å². The van der Waals surface area contributed by atoms with Crippen molar-refractivity contribution in [2.75, 3.05) is 6.54 Å². The van der Waals surface area contributed by atoms with E-state index in [1.54, 1.807) is 0 Å². The molecule has 1 aromatic carbocycles. The van der Waals surface area contributed by atoms with E-state index < -0.39 is 0 Å². The maximum Gasteiger partial charge on any atom is 0.00104 e. The van der Waals surface area contributed by atoms with Crippen molar-refractivity contribution in [2.45, 2.75) is 59.9 Å². The largest absolute Gasteiger partial charge is 0.314 e. The molecule has 19 heavy (non-hydrogen) atoms. The third kappa shape index (κ3) is 6.24. The number of hydrogen-bond acceptors (Lipinski definition) is 1. The molecule has 1 rings (SSSR count). The first-order chi connectivity index (χ1) is 9.02. The van der Waals surface area contributed by atoms with Crippen LogP contribution in [0, 0.1) is 18.8 Å². The number of nitrogens with one attached hydrogen (secondary N) is 1. The van der Waals surface area contributed by atoms with Gasteiger partial charge in [0.05, 0.1) is 0 Å². The molecule has 1 nitrogen and oxygen atoms in total. The van der Waals surface area contributed by atoms with Gasteiger partial charge in [-0.2, -0.15) is 0 Å². The van der Waals surface area contributed by atoms with E-state index in [1.807, 2.05) is 0 Å². The molecule has 0 bridgehead atoms. The Kier molecular flexibility index (Phi) is 7.15. The Morgan fingerprint density at radius 1 is 1.16 bits per heavy atom. The normalized spacial score (nSPS) is 14.6. The van der Waals surface area contributed by atoms with Crippen LogP contribution in [0.1, 0.15) is 51.7 Å². The van der Waals surface area contributed by atoms with Gasteiger partial charge in [0, 0.05) is 6.04 Å². The van der Waals surface area contributed by atoms with E-state index in [1.165, 1.54) is 30.4 Å². The van der Waals surface area contributed by atoms with E-state index in [2.05, 4.69) is 64.2 Å². The molecule has 0 aliphatic carbocycles. The van der Waals surface area contributed by atoms with Crippen molar-refractivity contribution in [3.8, 4) is 0 Å². The van der Waals surface area contributed by atoms with Crippen LogP contribution < -0.4 is 5.32 Å². The van der Waals surface area contributed by atoms with Crippen molar-refractivity contribution >= 4 is 0 Å². The average Bonchev–Trinajstić information content (AvgIpc) is 2.34. The SMILES string of the molecule is CCCC(C)C(CNC(C)C)Cc1cccc(C)c1. The first-order valence-electron chi connectivity index (χ1n) is 7.81. The molecule has 0 heterocycles. The molecule has 1 aromatic rings. The van der Waals surface area contributed by atoms with Crippen molar-refractivity contribution in [3.05, 3.63) is 35.4 Å². The number of benzene rings is 1. The monoisotopic (exact) mass is 261 g/mol. The highest BCUT2D eigenvalue weighted by Gasteiger charge is 2.17. The van der Waals surface area contributed by atoms with Crippen LogP contribution in [0.4, 0.5) is 0 Å². The summed E-state index contributed by atoms with van der Waals surface area (Å²) in [6.45, 7) is 12.5. The molecule has 0 saturated carbocycles. The zero-order valence-corrected chi connectivity index (χ0v) is 13.4. The first-order valence-corrected chi connectivity index (χ1v) is 7.81. The summed E-state index contributed by atoms with van der Waals surface area (Å²) >= 11 is 0. The molecule has 1 N–H and O–H groups in total. The molecule has 1 heteroatoms. The molecule has 0 aromatic heterocycles. The van der Waals surface area contributed by atoms with Crippen molar-refractivity contribution in [2.24, 2.45) is 11.8 Å². The van der Waals surface area contributed by atoms with Crippen LogP contribution >= 0.6 is 0 Å². The van der Waals surface area contributed by atoms with E-state index in [4.69, 9.17) is 0 Å². The molecule has 0 saturated heterocycles. The predicted molar refractivity (Wildman–Crippen MR) is 85.6 cm³/mol. The van der Waals surface area contributed by atoms with Crippen molar-refractivity contribution in [3.63, 3.8) is 0 Å². The molecule has 0 fully saturated rings. The van der Waals surface area contributed by atoms with E-state index >= 15 is 0 Å². The summed E-state index contributed by atoms with van der Waals surface area (Å²) in [4.78, 5) is 0. The van der Waals surface area contributed by atoms with Crippen LogP contribution in [-0.4, -0.2) is 12.6 Å². The topological polar surface area (TPSA) is 12.0 Å². The average molecular weight is 261 g/mol. The van der Waals surface area contributed by atoms with Crippen LogP contribution in [0.2, 0.25) is 0 Å². The fraction of sp³-hybridized carbons (Fsp3) is 0.667. The Morgan fingerprint density at radius 2 is 1.89 bits per heavy atom. The van der Waals surface area contributed by atoms with Crippen LogP contribution in [0.25, 0.3) is 0 Å². The fourth-order valence-corrected chi connectivity index (χ4v) is 2.69. The van der Waals surface area contributed by atoms with Gasteiger partial charge < -0.3 is 5.32 Å². The van der Waals surface area contributed by atoms with E-state index in [0.717, 1.165) is 18.4 Å². The Labute approximate surface area is 119 Å². The lowest BCUT2D eigenvalue weighted by atomic mass is 9.85. The van der Waals surface area contributed by atoms with Gasteiger partial charge in [-0.05, 0) is 37.3 Å². The lowest BCUT2D eigenvalue weighted by Crippen LogP contribution is -2.33. The second kappa shape index (κ2) is 8.37. The molecule has 108 valence electrons. The van der Waals surface area contributed by atoms with E-state index in [-0.39, 0.29) is 0 Å². The van der Waals surface area contributed by atoms with Crippen LogP contribution in [0.15, 0.2) is 24.3 Å². The summed E-state index contributed by atoms with van der Waals surface area (Å²) in [5.74, 6) is 1.53. The minimum absolute atomic E-state index is 0.578. The van der Waals surface area contributed by atoms with Crippen LogP contribution in [0.3, 0.4) is 0 Å². The van der Waals surface area contributed by atoms with Gasteiger partial charge in [0.2, 0.25) is 0 Å². The Hall–Kier alpha value is -0.820. The lowest BCUT2D eigenvalue weighted by Gasteiger charge is -2.25. The summed E-state index contributed by atoms with van der Waals surface area (Å²) in [6, 6.07) is 9.55. The van der Waals surface area contributed by atoms with Crippen molar-refractivity contribution in [1.82, 2.24) is 5.32 Å². The molecule has 0 radical (unpaired) electrons. The van der Waals surface area contributed by atoms with E-state index in [0.29, 0.717) is 6.04 Å². The molecule has 0 aliphatic rings. The predicted octanol–water partition coefficient (Wildman–Crippen LogP) is 4.59. The maximum atomic E-state index is 3.62. The first kappa shape index (κ1) is 16.2. The van der Waals surface area contributed by atoms with Crippen molar-refractivity contribution < 1.29 is 0 Å². The van der Waals surface area contributed by atoms with Gasteiger partial charge in [-0.3, -0.25) is 0 Å². The highest BCUT2D eigenvalue weighted by molar-refractivity contribution is 5.22. The molecule has 0 amide bonds. The molecule has 0 spiro atoms. The van der Waals surface area contributed by atoms with Gasteiger partial charge >= 0.3 is 0 Å². The van der Waals surface area contributed by atoms with Gasteiger partial charge in [-0.1, -0.05) is 70.4 Å². The highest BCUT2D eigenvalue weighted by atomic mass is 14.9. The Balaban J connectivity index is 2.67. The number of aryl methyl sites for hydroxylation is 1. The fourth-order valence-electron chi connectivity index (χ4n) is 2.69.